The lowest BCUT2D eigenvalue weighted by atomic mass is 9.98. The van der Waals surface area contributed by atoms with Crippen molar-refractivity contribution in [3.8, 4) is 0 Å². The lowest BCUT2D eigenvalue weighted by molar-refractivity contribution is 0.121. The van der Waals surface area contributed by atoms with Crippen LogP contribution in [-0.4, -0.2) is 42.8 Å². The highest BCUT2D eigenvalue weighted by Gasteiger charge is 2.34. The highest BCUT2D eigenvalue weighted by Crippen LogP contribution is 2.32. The molecule has 7 nitrogen and oxygen atoms in total. The van der Waals surface area contributed by atoms with Crippen LogP contribution in [0.1, 0.15) is 52.0 Å². The average Bonchev–Trinajstić information content (AvgIpc) is 3.12. The summed E-state index contributed by atoms with van der Waals surface area (Å²) < 4.78 is 2.24. The summed E-state index contributed by atoms with van der Waals surface area (Å²) >= 11 is 0. The Kier molecular flexibility index (Phi) is 2.91. The van der Waals surface area contributed by atoms with E-state index < -0.39 is 5.69 Å². The van der Waals surface area contributed by atoms with Crippen molar-refractivity contribution in [2.75, 3.05) is 0 Å². The van der Waals surface area contributed by atoms with Gasteiger partial charge in [-0.1, -0.05) is 0 Å². The van der Waals surface area contributed by atoms with Crippen LogP contribution in [0.4, 0.5) is 4.79 Å². The zero-order valence-corrected chi connectivity index (χ0v) is 11.3. The maximum absolute atomic E-state index is 12.5. The van der Waals surface area contributed by atoms with Gasteiger partial charge < -0.3 is 4.90 Å². The molecular weight excluding hydrogens is 246 g/mol. The third-order valence-electron chi connectivity index (χ3n) is 4.09. The minimum absolute atomic E-state index is 0.144. The largest absolute Gasteiger partial charge is 0.372 e. The number of nitrogens with zero attached hydrogens (tertiary/aromatic N) is 5. The maximum atomic E-state index is 12.5. The smallest absolute Gasteiger partial charge is 0.317 e. The predicted molar refractivity (Wildman–Crippen MR) is 68.0 cm³/mol. The van der Waals surface area contributed by atoms with Gasteiger partial charge in [-0.15, -0.1) is 4.68 Å². The van der Waals surface area contributed by atoms with Gasteiger partial charge in [-0.25, -0.2) is 9.59 Å². The summed E-state index contributed by atoms with van der Waals surface area (Å²) in [6.45, 7) is 4.04. The van der Waals surface area contributed by atoms with Crippen LogP contribution < -0.4 is 5.69 Å². The molecule has 1 aliphatic heterocycles. The van der Waals surface area contributed by atoms with Crippen molar-refractivity contribution in [2.24, 2.45) is 0 Å². The van der Waals surface area contributed by atoms with E-state index in [0.717, 1.165) is 36.8 Å². The summed E-state index contributed by atoms with van der Waals surface area (Å²) in [7, 11) is 0. The van der Waals surface area contributed by atoms with Crippen LogP contribution in [0.15, 0.2) is 4.79 Å². The molecule has 1 aromatic heterocycles. The molecule has 3 rings (SSSR count). The van der Waals surface area contributed by atoms with E-state index in [2.05, 4.69) is 10.4 Å². The predicted octanol–water partition coefficient (Wildman–Crippen LogP) is 1.01. The van der Waals surface area contributed by atoms with Gasteiger partial charge in [-0.3, -0.25) is 0 Å². The number of hydrogen-bond donors (Lipinski definition) is 0. The Hall–Kier alpha value is -1.66. The van der Waals surface area contributed by atoms with Gasteiger partial charge in [0, 0.05) is 12.1 Å². The SMILES string of the molecule is CC1CCCC(C)N1C(=O)n1nnn(C2CC2)c1=O. The molecule has 1 aromatic rings. The van der Waals surface area contributed by atoms with Gasteiger partial charge in [0.2, 0.25) is 0 Å². The minimum Gasteiger partial charge on any atom is -0.317 e. The second-order valence-electron chi connectivity index (χ2n) is 5.67. The lowest BCUT2D eigenvalue weighted by Crippen LogP contribution is -2.51. The Bertz CT molecular complexity index is 535. The van der Waals surface area contributed by atoms with Gasteiger partial charge in [0.05, 0.1) is 6.04 Å². The van der Waals surface area contributed by atoms with Crippen LogP contribution in [0.3, 0.4) is 0 Å². The molecule has 0 spiro atoms. The summed E-state index contributed by atoms with van der Waals surface area (Å²) in [6, 6.07) is 0.102. The van der Waals surface area contributed by atoms with Gasteiger partial charge in [-0.05, 0) is 56.4 Å². The molecule has 0 aromatic carbocycles. The number of hydrogen-bond acceptors (Lipinski definition) is 4. The molecule has 1 aliphatic carbocycles. The molecule has 1 saturated heterocycles. The van der Waals surface area contributed by atoms with E-state index in [1.165, 1.54) is 4.68 Å². The van der Waals surface area contributed by atoms with E-state index in [-0.39, 0.29) is 24.2 Å². The first kappa shape index (κ1) is 12.4. The Morgan fingerprint density at radius 1 is 1.11 bits per heavy atom. The van der Waals surface area contributed by atoms with E-state index in [4.69, 9.17) is 0 Å². The molecule has 0 radical (unpaired) electrons. The zero-order valence-electron chi connectivity index (χ0n) is 11.3. The average molecular weight is 265 g/mol. The van der Waals surface area contributed by atoms with E-state index in [0.29, 0.717) is 0 Å². The van der Waals surface area contributed by atoms with E-state index >= 15 is 0 Å². The number of rotatable bonds is 1. The number of likely N-dealkylation sites (tertiary alicyclic amines) is 1. The first-order valence-electron chi connectivity index (χ1n) is 6.96. The summed E-state index contributed by atoms with van der Waals surface area (Å²) in [5.41, 5.74) is -0.405. The molecule has 0 N–H and O–H groups in total. The highest BCUT2D eigenvalue weighted by molar-refractivity contribution is 5.76. The topological polar surface area (TPSA) is 73.0 Å². The number of carbonyl (C=O) groups excluding carboxylic acids is 1. The van der Waals surface area contributed by atoms with Crippen molar-refractivity contribution >= 4 is 6.03 Å². The lowest BCUT2D eigenvalue weighted by Gasteiger charge is -2.38. The number of aromatic nitrogens is 4. The zero-order chi connectivity index (χ0) is 13.6. The third kappa shape index (κ3) is 2.06. The van der Waals surface area contributed by atoms with Crippen molar-refractivity contribution in [1.82, 2.24) is 24.7 Å². The Morgan fingerprint density at radius 2 is 1.74 bits per heavy atom. The van der Waals surface area contributed by atoms with Gasteiger partial charge in [-0.2, -0.15) is 4.68 Å². The van der Waals surface area contributed by atoms with E-state index in [1.807, 2.05) is 13.8 Å². The summed E-state index contributed by atoms with van der Waals surface area (Å²) in [5.74, 6) is 0. The van der Waals surface area contributed by atoms with Crippen LogP contribution in [0, 0.1) is 0 Å². The summed E-state index contributed by atoms with van der Waals surface area (Å²) in [5, 5.41) is 7.56. The number of amides is 1. The van der Waals surface area contributed by atoms with Crippen molar-refractivity contribution in [3.63, 3.8) is 0 Å². The van der Waals surface area contributed by atoms with E-state index in [1.54, 1.807) is 4.90 Å². The summed E-state index contributed by atoms with van der Waals surface area (Å²) in [6.07, 6.45) is 4.96. The van der Waals surface area contributed by atoms with Gasteiger partial charge in [0.15, 0.2) is 0 Å². The summed E-state index contributed by atoms with van der Waals surface area (Å²) in [4.78, 5) is 26.3. The number of tetrazole rings is 1. The minimum atomic E-state index is -0.405. The molecule has 0 bridgehead atoms. The second kappa shape index (κ2) is 4.47. The number of carbonyl (C=O) groups is 1. The Labute approximate surface area is 111 Å². The van der Waals surface area contributed by atoms with Crippen LogP contribution >= 0.6 is 0 Å². The standard InChI is InChI=1S/C12H19N5O2/c1-8-4-3-5-9(2)15(8)11(18)17-12(19)16(13-14-17)10-6-7-10/h8-10H,3-7H2,1-2H3. The molecule has 2 aliphatic rings. The molecule has 2 fully saturated rings. The molecule has 1 amide bonds. The molecular formula is C12H19N5O2. The van der Waals surface area contributed by atoms with Crippen molar-refractivity contribution < 1.29 is 4.79 Å². The molecule has 2 heterocycles. The molecule has 1 saturated carbocycles. The molecule has 2 unspecified atom stereocenters. The first-order chi connectivity index (χ1) is 9.09. The second-order valence-corrected chi connectivity index (χ2v) is 5.67. The molecule has 104 valence electrons. The van der Waals surface area contributed by atoms with Crippen molar-refractivity contribution in [3.05, 3.63) is 10.5 Å². The maximum Gasteiger partial charge on any atom is 0.372 e. The quantitative estimate of drug-likeness (QED) is 0.710. The Morgan fingerprint density at radius 3 is 2.32 bits per heavy atom. The molecule has 7 heteroatoms. The van der Waals surface area contributed by atoms with Gasteiger partial charge in [0.1, 0.15) is 0 Å². The van der Waals surface area contributed by atoms with Crippen LogP contribution in [0.5, 0.6) is 0 Å². The normalized spacial score (nSPS) is 27.6. The van der Waals surface area contributed by atoms with Crippen LogP contribution in [0.2, 0.25) is 0 Å². The number of piperidine rings is 1. The van der Waals surface area contributed by atoms with E-state index in [9.17, 15) is 9.59 Å². The monoisotopic (exact) mass is 265 g/mol. The van der Waals surface area contributed by atoms with Gasteiger partial charge in [0.25, 0.3) is 0 Å². The fraction of sp³-hybridized carbons (Fsp3) is 0.833. The third-order valence-corrected chi connectivity index (χ3v) is 4.09. The highest BCUT2D eigenvalue weighted by atomic mass is 16.2. The van der Waals surface area contributed by atoms with Crippen LogP contribution in [-0.2, 0) is 0 Å². The fourth-order valence-electron chi connectivity index (χ4n) is 2.83. The molecule has 2 atom stereocenters. The fourth-order valence-corrected chi connectivity index (χ4v) is 2.83. The van der Waals surface area contributed by atoms with Gasteiger partial charge >= 0.3 is 11.7 Å². The first-order valence-corrected chi connectivity index (χ1v) is 6.96. The van der Waals surface area contributed by atoms with Crippen molar-refractivity contribution in [1.29, 1.82) is 0 Å². The molecule has 19 heavy (non-hydrogen) atoms. The van der Waals surface area contributed by atoms with Crippen molar-refractivity contribution in [2.45, 2.75) is 64.1 Å². The Balaban J connectivity index is 1.88. The van der Waals surface area contributed by atoms with Crippen LogP contribution in [0.25, 0.3) is 0 Å².